The van der Waals surface area contributed by atoms with Gasteiger partial charge in [0.2, 0.25) is 0 Å². The summed E-state index contributed by atoms with van der Waals surface area (Å²) in [5.74, 6) is -3.32. The van der Waals surface area contributed by atoms with Gasteiger partial charge in [-0.25, -0.2) is 13.9 Å². The highest BCUT2D eigenvalue weighted by Gasteiger charge is 2.41. The van der Waals surface area contributed by atoms with E-state index in [9.17, 15) is 27.2 Å². The van der Waals surface area contributed by atoms with Gasteiger partial charge in [0.05, 0.1) is 17.4 Å². The SMILES string of the molecule is COCCC(NC(=O)c1cnn(-c2ccc(F)cc2)c1C(F)(F)F)C(=O)O. The maximum absolute atomic E-state index is 13.5. The van der Waals surface area contributed by atoms with Crippen LogP contribution in [0.2, 0.25) is 0 Å². The number of carbonyl (C=O) groups is 2. The fourth-order valence-corrected chi connectivity index (χ4v) is 2.29. The highest BCUT2D eigenvalue weighted by molar-refractivity contribution is 5.97. The van der Waals surface area contributed by atoms with Gasteiger partial charge in [0, 0.05) is 20.1 Å². The first-order chi connectivity index (χ1) is 12.6. The molecule has 0 aliphatic heterocycles. The van der Waals surface area contributed by atoms with Gasteiger partial charge in [-0.2, -0.15) is 18.3 Å². The summed E-state index contributed by atoms with van der Waals surface area (Å²) in [6, 6.07) is 2.59. The van der Waals surface area contributed by atoms with Gasteiger partial charge in [-0.1, -0.05) is 0 Å². The van der Waals surface area contributed by atoms with Crippen LogP contribution in [-0.4, -0.2) is 46.5 Å². The number of aromatic nitrogens is 2. The predicted octanol–water partition coefficient (Wildman–Crippen LogP) is 2.25. The average Bonchev–Trinajstić information content (AvgIpc) is 3.04. The number of methoxy groups -OCH3 is 1. The zero-order valence-corrected chi connectivity index (χ0v) is 14.0. The normalized spacial score (nSPS) is 12.6. The maximum Gasteiger partial charge on any atom is 0.434 e. The highest BCUT2D eigenvalue weighted by Crippen LogP contribution is 2.33. The van der Waals surface area contributed by atoms with Crippen molar-refractivity contribution in [1.29, 1.82) is 0 Å². The highest BCUT2D eigenvalue weighted by atomic mass is 19.4. The van der Waals surface area contributed by atoms with Crippen LogP contribution >= 0.6 is 0 Å². The molecule has 1 aromatic carbocycles. The Hall–Kier alpha value is -2.95. The van der Waals surface area contributed by atoms with E-state index < -0.39 is 41.2 Å². The Bertz CT molecular complexity index is 818. The minimum Gasteiger partial charge on any atom is -0.480 e. The fourth-order valence-electron chi connectivity index (χ4n) is 2.29. The number of ether oxygens (including phenoxy) is 1. The van der Waals surface area contributed by atoms with Gasteiger partial charge in [0.15, 0.2) is 5.69 Å². The van der Waals surface area contributed by atoms with Crippen LogP contribution < -0.4 is 5.32 Å². The summed E-state index contributed by atoms with van der Waals surface area (Å²) in [7, 11) is 1.31. The molecule has 0 saturated carbocycles. The average molecular weight is 389 g/mol. The Morgan fingerprint density at radius 1 is 1.30 bits per heavy atom. The monoisotopic (exact) mass is 389 g/mol. The Morgan fingerprint density at radius 2 is 1.93 bits per heavy atom. The predicted molar refractivity (Wildman–Crippen MR) is 83.9 cm³/mol. The second kappa shape index (κ2) is 8.16. The van der Waals surface area contributed by atoms with Crippen LogP contribution in [0.5, 0.6) is 0 Å². The van der Waals surface area contributed by atoms with E-state index in [1.807, 2.05) is 5.32 Å². The second-order valence-electron chi connectivity index (χ2n) is 5.44. The zero-order valence-electron chi connectivity index (χ0n) is 14.0. The Kier molecular flexibility index (Phi) is 6.16. The molecule has 1 unspecified atom stereocenters. The van der Waals surface area contributed by atoms with E-state index in [0.29, 0.717) is 10.9 Å². The van der Waals surface area contributed by atoms with Gasteiger partial charge in [-0.15, -0.1) is 0 Å². The molecular weight excluding hydrogens is 374 g/mol. The van der Waals surface area contributed by atoms with Crippen LogP contribution in [-0.2, 0) is 15.7 Å². The number of carboxylic acids is 1. The molecule has 2 aromatic rings. The van der Waals surface area contributed by atoms with Crippen LogP contribution in [0.1, 0.15) is 22.5 Å². The van der Waals surface area contributed by atoms with E-state index in [4.69, 9.17) is 9.84 Å². The summed E-state index contributed by atoms with van der Waals surface area (Å²) >= 11 is 0. The van der Waals surface area contributed by atoms with Crippen LogP contribution in [0.25, 0.3) is 5.69 Å². The number of carbonyl (C=O) groups excluding carboxylic acids is 1. The number of hydrogen-bond acceptors (Lipinski definition) is 4. The minimum absolute atomic E-state index is 0.0157. The molecule has 1 atom stereocenters. The van der Waals surface area contributed by atoms with E-state index in [1.165, 1.54) is 7.11 Å². The van der Waals surface area contributed by atoms with Crippen LogP contribution in [0, 0.1) is 5.82 Å². The molecule has 0 aliphatic rings. The summed E-state index contributed by atoms with van der Waals surface area (Å²) < 4.78 is 58.7. The van der Waals surface area contributed by atoms with E-state index in [2.05, 4.69) is 5.10 Å². The second-order valence-corrected chi connectivity index (χ2v) is 5.44. The molecule has 1 amide bonds. The smallest absolute Gasteiger partial charge is 0.434 e. The number of halogens is 4. The van der Waals surface area contributed by atoms with Crippen molar-refractivity contribution in [2.24, 2.45) is 0 Å². The third kappa shape index (κ3) is 4.82. The number of nitrogens with zero attached hydrogens (tertiary/aromatic N) is 2. The van der Waals surface area contributed by atoms with Crippen molar-refractivity contribution in [2.45, 2.75) is 18.6 Å². The first-order valence-corrected chi connectivity index (χ1v) is 7.59. The first-order valence-electron chi connectivity index (χ1n) is 7.59. The van der Waals surface area contributed by atoms with Crippen molar-refractivity contribution in [3.63, 3.8) is 0 Å². The molecule has 0 bridgehead atoms. The van der Waals surface area contributed by atoms with Gasteiger partial charge < -0.3 is 15.2 Å². The molecule has 0 spiro atoms. The lowest BCUT2D eigenvalue weighted by atomic mass is 10.1. The molecule has 0 aliphatic carbocycles. The fraction of sp³-hybridized carbons (Fsp3) is 0.312. The standard InChI is InChI=1S/C16H15F4N3O4/c1-27-7-6-12(15(25)26)22-14(24)11-8-21-23(13(11)16(18,19)20)10-4-2-9(17)3-5-10/h2-5,8,12H,6-7H2,1H3,(H,22,24)(H,25,26). The molecule has 0 saturated heterocycles. The number of aliphatic carboxylic acids is 1. The molecular formula is C16H15F4N3O4. The third-order valence-corrected chi connectivity index (χ3v) is 3.57. The maximum atomic E-state index is 13.5. The van der Waals surface area contributed by atoms with Gasteiger partial charge in [-0.3, -0.25) is 4.79 Å². The zero-order chi connectivity index (χ0) is 20.2. The molecule has 2 rings (SSSR count). The number of amides is 1. The van der Waals surface area contributed by atoms with E-state index in [0.717, 1.165) is 24.3 Å². The minimum atomic E-state index is -4.97. The Morgan fingerprint density at radius 3 is 2.44 bits per heavy atom. The third-order valence-electron chi connectivity index (χ3n) is 3.57. The number of hydrogen-bond donors (Lipinski definition) is 2. The van der Waals surface area contributed by atoms with Gasteiger partial charge in [0.25, 0.3) is 5.91 Å². The van der Waals surface area contributed by atoms with E-state index in [-0.39, 0.29) is 18.7 Å². The topological polar surface area (TPSA) is 93.5 Å². The molecule has 0 fully saturated rings. The van der Waals surface area contributed by atoms with E-state index in [1.54, 1.807) is 0 Å². The van der Waals surface area contributed by atoms with Crippen LogP contribution in [0.15, 0.2) is 30.5 Å². The number of benzene rings is 1. The molecule has 0 radical (unpaired) electrons. The van der Waals surface area contributed by atoms with Crippen molar-refractivity contribution in [1.82, 2.24) is 15.1 Å². The molecule has 2 N–H and O–H groups in total. The van der Waals surface area contributed by atoms with Gasteiger partial charge in [-0.05, 0) is 24.3 Å². The lowest BCUT2D eigenvalue weighted by Crippen LogP contribution is -2.42. The number of carboxylic acid groups (broad SMARTS) is 1. The lowest BCUT2D eigenvalue weighted by Gasteiger charge is -2.16. The quantitative estimate of drug-likeness (QED) is 0.709. The molecule has 146 valence electrons. The van der Waals surface area contributed by atoms with Crippen molar-refractivity contribution < 1.29 is 37.0 Å². The van der Waals surface area contributed by atoms with Crippen molar-refractivity contribution in [3.05, 3.63) is 47.5 Å². The van der Waals surface area contributed by atoms with Crippen molar-refractivity contribution >= 4 is 11.9 Å². The largest absolute Gasteiger partial charge is 0.480 e. The molecule has 27 heavy (non-hydrogen) atoms. The van der Waals surface area contributed by atoms with Gasteiger partial charge >= 0.3 is 12.1 Å². The van der Waals surface area contributed by atoms with E-state index >= 15 is 0 Å². The van der Waals surface area contributed by atoms with Crippen LogP contribution in [0.3, 0.4) is 0 Å². The van der Waals surface area contributed by atoms with Gasteiger partial charge in [0.1, 0.15) is 11.9 Å². The summed E-state index contributed by atoms with van der Waals surface area (Å²) in [6.45, 7) is -0.0157. The lowest BCUT2D eigenvalue weighted by molar-refractivity contribution is -0.143. The molecule has 1 heterocycles. The molecule has 7 nitrogen and oxygen atoms in total. The summed E-state index contributed by atoms with van der Waals surface area (Å²) in [6.07, 6.45) is -4.43. The summed E-state index contributed by atoms with van der Waals surface area (Å²) in [5.41, 5.74) is -2.37. The van der Waals surface area contributed by atoms with Crippen LogP contribution in [0.4, 0.5) is 17.6 Å². The molecule has 11 heteroatoms. The Labute approximate surface area is 150 Å². The summed E-state index contributed by atoms with van der Waals surface area (Å²) in [4.78, 5) is 23.4. The molecule has 1 aromatic heterocycles. The first kappa shape index (κ1) is 20.4. The number of alkyl halides is 3. The van der Waals surface area contributed by atoms with Crippen molar-refractivity contribution in [2.75, 3.05) is 13.7 Å². The number of nitrogens with one attached hydrogen (secondary N) is 1. The Balaban J connectivity index is 2.40. The number of rotatable bonds is 7. The summed E-state index contributed by atoms with van der Waals surface area (Å²) in [5, 5.41) is 14.7. The van der Waals surface area contributed by atoms with Crippen molar-refractivity contribution in [3.8, 4) is 5.69 Å².